The van der Waals surface area contributed by atoms with Crippen molar-refractivity contribution < 1.29 is 5.11 Å². The van der Waals surface area contributed by atoms with Crippen molar-refractivity contribution in [2.75, 3.05) is 0 Å². The van der Waals surface area contributed by atoms with Crippen molar-refractivity contribution in [1.82, 2.24) is 0 Å². The molecule has 0 aliphatic rings. The summed E-state index contributed by atoms with van der Waals surface area (Å²) in [4.78, 5) is 0. The molecule has 12 heavy (non-hydrogen) atoms. The third-order valence-corrected chi connectivity index (χ3v) is 1.59. The van der Waals surface area contributed by atoms with Crippen LogP contribution in [-0.4, -0.2) is 11.2 Å². The summed E-state index contributed by atoms with van der Waals surface area (Å²) in [5.41, 5.74) is 1.18. The first-order chi connectivity index (χ1) is 5.79. The zero-order valence-corrected chi connectivity index (χ0v) is 7.27. The second-order valence-corrected chi connectivity index (χ2v) is 2.90. The van der Waals surface area contributed by atoms with Gasteiger partial charge in [-0.15, -0.1) is 0 Å². The third kappa shape index (κ3) is 3.35. The average Bonchev–Trinajstić information content (AvgIpc) is 2.05. The van der Waals surface area contributed by atoms with Gasteiger partial charge < -0.3 is 5.11 Å². The van der Waals surface area contributed by atoms with Crippen LogP contribution in [0.2, 0.25) is 0 Å². The van der Waals surface area contributed by atoms with Crippen LogP contribution in [0.4, 0.5) is 0 Å². The number of rotatable bonds is 3. The standard InChI is InChI=1S/C11H14O/c1-10(12)6-5-9-11-7-3-2-4-8-11/h2-5,7-10,12H,6H2,1H3/b9-5-/t10-/m1/s1. The van der Waals surface area contributed by atoms with Crippen molar-refractivity contribution >= 4 is 6.08 Å². The highest BCUT2D eigenvalue weighted by Gasteiger charge is 1.88. The van der Waals surface area contributed by atoms with Gasteiger partial charge in [0.25, 0.3) is 0 Å². The topological polar surface area (TPSA) is 20.2 Å². The number of hydrogen-bond acceptors (Lipinski definition) is 1. The second kappa shape index (κ2) is 4.73. The fourth-order valence-corrected chi connectivity index (χ4v) is 0.965. The summed E-state index contributed by atoms with van der Waals surface area (Å²) in [6, 6.07) is 10.1. The highest BCUT2D eigenvalue weighted by molar-refractivity contribution is 5.48. The molecular weight excluding hydrogens is 148 g/mol. The van der Waals surface area contributed by atoms with Crippen LogP contribution in [0.3, 0.4) is 0 Å². The Kier molecular flexibility index (Phi) is 3.55. The molecule has 0 bridgehead atoms. The lowest BCUT2D eigenvalue weighted by atomic mass is 10.2. The van der Waals surface area contributed by atoms with Gasteiger partial charge in [-0.25, -0.2) is 0 Å². The molecule has 1 nitrogen and oxygen atoms in total. The van der Waals surface area contributed by atoms with Gasteiger partial charge in [0.15, 0.2) is 0 Å². The molecule has 0 radical (unpaired) electrons. The molecule has 0 spiro atoms. The van der Waals surface area contributed by atoms with Crippen LogP contribution < -0.4 is 0 Å². The minimum absolute atomic E-state index is 0.245. The van der Waals surface area contributed by atoms with Crippen molar-refractivity contribution in [3.05, 3.63) is 42.0 Å². The van der Waals surface area contributed by atoms with Crippen molar-refractivity contribution in [3.8, 4) is 0 Å². The van der Waals surface area contributed by atoms with E-state index in [1.807, 2.05) is 42.5 Å². The quantitative estimate of drug-likeness (QED) is 0.724. The SMILES string of the molecule is C[C@@H](O)C/C=C\c1ccccc1. The van der Waals surface area contributed by atoms with Crippen LogP contribution in [0.15, 0.2) is 36.4 Å². The maximum Gasteiger partial charge on any atom is 0.0546 e. The molecule has 0 saturated carbocycles. The molecule has 0 saturated heterocycles. The molecule has 1 rings (SSSR count). The van der Waals surface area contributed by atoms with Crippen LogP contribution in [0.25, 0.3) is 6.08 Å². The average molecular weight is 162 g/mol. The lowest BCUT2D eigenvalue weighted by Crippen LogP contribution is -1.94. The van der Waals surface area contributed by atoms with Crippen LogP contribution in [0.1, 0.15) is 18.9 Å². The maximum atomic E-state index is 8.98. The number of benzene rings is 1. The first-order valence-corrected chi connectivity index (χ1v) is 4.18. The fourth-order valence-electron chi connectivity index (χ4n) is 0.965. The highest BCUT2D eigenvalue weighted by atomic mass is 16.3. The Balaban J connectivity index is 2.47. The van der Waals surface area contributed by atoms with Gasteiger partial charge in [-0.2, -0.15) is 0 Å². The Bertz CT molecular complexity index is 236. The number of aliphatic hydroxyl groups is 1. The Morgan fingerprint density at radius 2 is 2.00 bits per heavy atom. The Morgan fingerprint density at radius 3 is 2.58 bits per heavy atom. The van der Waals surface area contributed by atoms with E-state index in [0.29, 0.717) is 0 Å². The summed E-state index contributed by atoms with van der Waals surface area (Å²) >= 11 is 0. The molecule has 1 aromatic rings. The molecule has 64 valence electrons. The van der Waals surface area contributed by atoms with Crippen LogP contribution in [0.5, 0.6) is 0 Å². The van der Waals surface area contributed by atoms with Gasteiger partial charge >= 0.3 is 0 Å². The van der Waals surface area contributed by atoms with E-state index in [-0.39, 0.29) is 6.10 Å². The van der Waals surface area contributed by atoms with Crippen molar-refractivity contribution in [2.24, 2.45) is 0 Å². The summed E-state index contributed by atoms with van der Waals surface area (Å²) in [6.07, 6.45) is 4.48. The Morgan fingerprint density at radius 1 is 1.33 bits per heavy atom. The third-order valence-electron chi connectivity index (χ3n) is 1.59. The zero-order chi connectivity index (χ0) is 8.81. The van der Waals surface area contributed by atoms with Crippen LogP contribution in [0, 0.1) is 0 Å². The van der Waals surface area contributed by atoms with E-state index < -0.39 is 0 Å². The molecular formula is C11H14O. The van der Waals surface area contributed by atoms with E-state index in [9.17, 15) is 0 Å². The van der Waals surface area contributed by atoms with Gasteiger partial charge in [-0.05, 0) is 18.9 Å². The van der Waals surface area contributed by atoms with Crippen LogP contribution in [-0.2, 0) is 0 Å². The monoisotopic (exact) mass is 162 g/mol. The second-order valence-electron chi connectivity index (χ2n) is 2.90. The predicted octanol–water partition coefficient (Wildman–Crippen LogP) is 2.47. The smallest absolute Gasteiger partial charge is 0.0546 e. The minimum atomic E-state index is -0.245. The van der Waals surface area contributed by atoms with Gasteiger partial charge in [0.2, 0.25) is 0 Å². The number of aliphatic hydroxyl groups excluding tert-OH is 1. The first-order valence-electron chi connectivity index (χ1n) is 4.18. The summed E-state index contributed by atoms with van der Waals surface area (Å²) in [5, 5.41) is 8.98. The van der Waals surface area contributed by atoms with Crippen molar-refractivity contribution in [2.45, 2.75) is 19.4 Å². The lowest BCUT2D eigenvalue weighted by molar-refractivity contribution is 0.199. The van der Waals surface area contributed by atoms with Gasteiger partial charge in [-0.1, -0.05) is 42.5 Å². The fraction of sp³-hybridized carbons (Fsp3) is 0.273. The molecule has 0 aliphatic carbocycles. The van der Waals surface area contributed by atoms with E-state index in [2.05, 4.69) is 0 Å². The Labute approximate surface area is 73.4 Å². The molecule has 0 amide bonds. The molecule has 0 heterocycles. The van der Waals surface area contributed by atoms with Crippen LogP contribution >= 0.6 is 0 Å². The van der Waals surface area contributed by atoms with E-state index in [1.54, 1.807) is 6.92 Å². The molecule has 1 atom stereocenters. The zero-order valence-electron chi connectivity index (χ0n) is 7.27. The number of hydrogen-bond donors (Lipinski definition) is 1. The summed E-state index contributed by atoms with van der Waals surface area (Å²) in [6.45, 7) is 1.79. The molecule has 0 aliphatic heterocycles. The predicted molar refractivity (Wildman–Crippen MR) is 51.8 cm³/mol. The molecule has 1 heteroatoms. The van der Waals surface area contributed by atoms with E-state index >= 15 is 0 Å². The normalized spacial score (nSPS) is 13.5. The van der Waals surface area contributed by atoms with Gasteiger partial charge in [0.05, 0.1) is 6.10 Å². The van der Waals surface area contributed by atoms with Gasteiger partial charge in [0, 0.05) is 0 Å². The maximum absolute atomic E-state index is 8.98. The largest absolute Gasteiger partial charge is 0.393 e. The van der Waals surface area contributed by atoms with E-state index in [0.717, 1.165) is 6.42 Å². The van der Waals surface area contributed by atoms with Gasteiger partial charge in [-0.3, -0.25) is 0 Å². The van der Waals surface area contributed by atoms with Crippen molar-refractivity contribution in [1.29, 1.82) is 0 Å². The Hall–Kier alpha value is -1.08. The lowest BCUT2D eigenvalue weighted by Gasteiger charge is -1.96. The van der Waals surface area contributed by atoms with E-state index in [4.69, 9.17) is 5.11 Å². The highest BCUT2D eigenvalue weighted by Crippen LogP contribution is 2.02. The minimum Gasteiger partial charge on any atom is -0.393 e. The molecule has 0 aromatic heterocycles. The van der Waals surface area contributed by atoms with Crippen molar-refractivity contribution in [3.63, 3.8) is 0 Å². The molecule has 1 N–H and O–H groups in total. The molecule has 0 unspecified atom stereocenters. The molecule has 0 fully saturated rings. The first kappa shape index (κ1) is 9.01. The summed E-state index contributed by atoms with van der Waals surface area (Å²) in [7, 11) is 0. The summed E-state index contributed by atoms with van der Waals surface area (Å²) in [5.74, 6) is 0. The summed E-state index contributed by atoms with van der Waals surface area (Å²) < 4.78 is 0. The molecule has 1 aromatic carbocycles. The van der Waals surface area contributed by atoms with E-state index in [1.165, 1.54) is 5.56 Å². The van der Waals surface area contributed by atoms with Gasteiger partial charge in [0.1, 0.15) is 0 Å².